The molecule has 19 heavy (non-hydrogen) atoms. The van der Waals surface area contributed by atoms with Gasteiger partial charge in [0.05, 0.1) is 16.4 Å². The second-order valence-electron chi connectivity index (χ2n) is 4.08. The summed E-state index contributed by atoms with van der Waals surface area (Å²) in [5, 5.41) is 11.8. The first kappa shape index (κ1) is 13.5. The average Bonchev–Trinajstić information content (AvgIpc) is 2.90. The average molecular weight is 275 g/mol. The minimum absolute atomic E-state index is 0.0251. The van der Waals surface area contributed by atoms with Crippen LogP contribution >= 0.6 is 11.3 Å². The van der Waals surface area contributed by atoms with Gasteiger partial charge in [0, 0.05) is 5.69 Å². The molecule has 1 aromatic heterocycles. The fraction of sp³-hybridized carbons (Fsp3) is 0.143. The topological polar surface area (TPSA) is 66.4 Å². The molecule has 0 fully saturated rings. The lowest BCUT2D eigenvalue weighted by molar-refractivity contribution is 0.103. The molecule has 0 radical (unpaired) electrons. The van der Waals surface area contributed by atoms with Crippen molar-refractivity contribution in [3.05, 3.63) is 51.2 Å². The predicted molar refractivity (Wildman–Crippen MR) is 74.8 cm³/mol. The number of benzene rings is 1. The van der Waals surface area contributed by atoms with Crippen molar-refractivity contribution >= 4 is 29.2 Å². The summed E-state index contributed by atoms with van der Waals surface area (Å²) in [7, 11) is 0. The Morgan fingerprint density at radius 2 is 2.16 bits per heavy atom. The Morgan fingerprint density at radius 1 is 1.37 bits per heavy atom. The molecule has 2 N–H and O–H groups in total. The zero-order valence-corrected chi connectivity index (χ0v) is 11.2. The monoisotopic (exact) mass is 275 g/mol. The molecule has 0 aliphatic heterocycles. The molecule has 98 valence electrons. The van der Waals surface area contributed by atoms with Crippen LogP contribution in [0.25, 0.3) is 0 Å². The Balaban J connectivity index is 2.16. The number of thiophene rings is 1. The van der Waals surface area contributed by atoms with E-state index in [0.29, 0.717) is 15.4 Å². The van der Waals surface area contributed by atoms with Gasteiger partial charge in [0.25, 0.3) is 5.91 Å². The molecule has 2 rings (SSSR count). The largest absolute Gasteiger partial charge is 0.392 e. The Hall–Kier alpha value is -1.98. The maximum atomic E-state index is 12.0. The van der Waals surface area contributed by atoms with Crippen molar-refractivity contribution in [3.8, 4) is 0 Å². The van der Waals surface area contributed by atoms with E-state index in [9.17, 15) is 9.59 Å². The number of nitrogens with one attached hydrogen (secondary N) is 1. The number of aldehydes is 1. The van der Waals surface area contributed by atoms with E-state index in [2.05, 4.69) is 5.32 Å². The van der Waals surface area contributed by atoms with E-state index < -0.39 is 0 Å². The number of carbonyl (C=O) groups is 2. The van der Waals surface area contributed by atoms with Gasteiger partial charge in [-0.15, -0.1) is 11.3 Å². The van der Waals surface area contributed by atoms with Crippen LogP contribution in [0.4, 0.5) is 5.69 Å². The van der Waals surface area contributed by atoms with Gasteiger partial charge < -0.3 is 10.4 Å². The van der Waals surface area contributed by atoms with Crippen molar-refractivity contribution in [2.45, 2.75) is 13.5 Å². The van der Waals surface area contributed by atoms with E-state index >= 15 is 0 Å². The smallest absolute Gasteiger partial charge is 0.265 e. The highest BCUT2D eigenvalue weighted by Crippen LogP contribution is 2.20. The molecule has 4 nitrogen and oxygen atoms in total. The molecule has 0 aliphatic rings. The van der Waals surface area contributed by atoms with E-state index in [1.807, 2.05) is 13.0 Å². The molecule has 0 unspecified atom stereocenters. The molecule has 0 saturated heterocycles. The molecule has 0 aliphatic carbocycles. The number of aryl methyl sites for hydroxylation is 1. The summed E-state index contributed by atoms with van der Waals surface area (Å²) in [4.78, 5) is 23.6. The van der Waals surface area contributed by atoms with Crippen molar-refractivity contribution in [2.75, 3.05) is 5.32 Å². The van der Waals surface area contributed by atoms with E-state index in [4.69, 9.17) is 5.11 Å². The highest BCUT2D eigenvalue weighted by atomic mass is 32.1. The molecule has 0 atom stereocenters. The standard InChI is InChI=1S/C14H13NO3S/c1-9-6-10(7-16)2-4-12(9)15-14(18)13-5-3-11(8-17)19-13/h2-6,8,16H,7H2,1H3,(H,15,18). The third kappa shape index (κ3) is 3.07. The van der Waals surface area contributed by atoms with Crippen molar-refractivity contribution in [1.29, 1.82) is 0 Å². The zero-order chi connectivity index (χ0) is 13.8. The second-order valence-corrected chi connectivity index (χ2v) is 5.20. The van der Waals surface area contributed by atoms with Crippen LogP contribution < -0.4 is 5.32 Å². The van der Waals surface area contributed by atoms with Gasteiger partial charge in [0.15, 0.2) is 6.29 Å². The summed E-state index contributed by atoms with van der Waals surface area (Å²) in [6, 6.07) is 8.58. The van der Waals surface area contributed by atoms with E-state index in [1.54, 1.807) is 24.3 Å². The van der Waals surface area contributed by atoms with Gasteiger partial charge in [-0.1, -0.05) is 12.1 Å². The summed E-state index contributed by atoms with van der Waals surface area (Å²) < 4.78 is 0. The van der Waals surface area contributed by atoms with Crippen molar-refractivity contribution in [3.63, 3.8) is 0 Å². The predicted octanol–water partition coefficient (Wildman–Crippen LogP) is 2.61. The molecular formula is C14H13NO3S. The Bertz CT molecular complexity index is 619. The summed E-state index contributed by atoms with van der Waals surface area (Å²) >= 11 is 1.15. The summed E-state index contributed by atoms with van der Waals surface area (Å²) in [5.74, 6) is -0.238. The van der Waals surface area contributed by atoms with Crippen molar-refractivity contribution in [2.24, 2.45) is 0 Å². The third-order valence-corrected chi connectivity index (χ3v) is 3.70. The molecule has 5 heteroatoms. The normalized spacial score (nSPS) is 10.2. The van der Waals surface area contributed by atoms with E-state index in [-0.39, 0.29) is 12.5 Å². The number of rotatable bonds is 4. The van der Waals surface area contributed by atoms with Crippen LogP contribution in [-0.4, -0.2) is 17.3 Å². The second kappa shape index (κ2) is 5.77. The van der Waals surface area contributed by atoms with Gasteiger partial charge in [0.2, 0.25) is 0 Å². The molecule has 2 aromatic rings. The van der Waals surface area contributed by atoms with Gasteiger partial charge in [-0.05, 0) is 36.2 Å². The zero-order valence-electron chi connectivity index (χ0n) is 10.3. The number of carbonyl (C=O) groups excluding carboxylic acids is 2. The quantitative estimate of drug-likeness (QED) is 0.843. The number of hydrogen-bond acceptors (Lipinski definition) is 4. The van der Waals surface area contributed by atoms with Gasteiger partial charge in [-0.25, -0.2) is 0 Å². The van der Waals surface area contributed by atoms with Crippen LogP contribution in [0.2, 0.25) is 0 Å². The fourth-order valence-electron chi connectivity index (χ4n) is 1.69. The SMILES string of the molecule is Cc1cc(CO)ccc1NC(=O)c1ccc(C=O)s1. The molecule has 1 amide bonds. The van der Waals surface area contributed by atoms with Crippen LogP contribution in [0.15, 0.2) is 30.3 Å². The van der Waals surface area contributed by atoms with Crippen molar-refractivity contribution < 1.29 is 14.7 Å². The molecule has 0 spiro atoms. The summed E-state index contributed by atoms with van der Waals surface area (Å²) in [6.45, 7) is 1.84. The highest BCUT2D eigenvalue weighted by molar-refractivity contribution is 7.15. The molecule has 1 heterocycles. The van der Waals surface area contributed by atoms with Crippen LogP contribution in [0.5, 0.6) is 0 Å². The van der Waals surface area contributed by atoms with Gasteiger partial charge >= 0.3 is 0 Å². The minimum Gasteiger partial charge on any atom is -0.392 e. The lowest BCUT2D eigenvalue weighted by Gasteiger charge is -2.08. The number of amides is 1. The Labute approximate surface area is 114 Å². The minimum atomic E-state index is -0.238. The number of aliphatic hydroxyl groups is 1. The van der Waals surface area contributed by atoms with Crippen LogP contribution in [-0.2, 0) is 6.61 Å². The van der Waals surface area contributed by atoms with Gasteiger partial charge in [-0.2, -0.15) is 0 Å². The summed E-state index contributed by atoms with van der Waals surface area (Å²) in [5.41, 5.74) is 2.38. The number of anilines is 1. The fourth-order valence-corrected chi connectivity index (χ4v) is 2.40. The lowest BCUT2D eigenvalue weighted by Crippen LogP contribution is -2.11. The first-order valence-corrected chi connectivity index (χ1v) is 6.52. The Morgan fingerprint density at radius 3 is 2.74 bits per heavy atom. The third-order valence-electron chi connectivity index (χ3n) is 2.69. The van der Waals surface area contributed by atoms with Gasteiger partial charge in [-0.3, -0.25) is 9.59 Å². The molecular weight excluding hydrogens is 262 g/mol. The maximum Gasteiger partial charge on any atom is 0.265 e. The summed E-state index contributed by atoms with van der Waals surface area (Å²) in [6.07, 6.45) is 0.725. The molecule has 0 saturated carbocycles. The van der Waals surface area contributed by atoms with Crippen LogP contribution in [0.1, 0.15) is 30.5 Å². The molecule has 1 aromatic carbocycles. The highest BCUT2D eigenvalue weighted by Gasteiger charge is 2.10. The number of aliphatic hydroxyl groups excluding tert-OH is 1. The van der Waals surface area contributed by atoms with Crippen LogP contribution in [0.3, 0.4) is 0 Å². The lowest BCUT2D eigenvalue weighted by atomic mass is 10.1. The maximum absolute atomic E-state index is 12.0. The molecule has 0 bridgehead atoms. The first-order valence-electron chi connectivity index (χ1n) is 5.71. The van der Waals surface area contributed by atoms with Gasteiger partial charge in [0.1, 0.15) is 0 Å². The van der Waals surface area contributed by atoms with Crippen LogP contribution in [0, 0.1) is 6.92 Å². The Kier molecular flexibility index (Phi) is 4.09. The van der Waals surface area contributed by atoms with E-state index in [1.165, 1.54) is 0 Å². The van der Waals surface area contributed by atoms with E-state index in [0.717, 1.165) is 28.7 Å². The number of hydrogen-bond donors (Lipinski definition) is 2. The van der Waals surface area contributed by atoms with Crippen molar-refractivity contribution in [1.82, 2.24) is 0 Å². The first-order chi connectivity index (χ1) is 9.13.